The van der Waals surface area contributed by atoms with Gasteiger partial charge in [0, 0.05) is 24.3 Å². The molecule has 0 radical (unpaired) electrons. The predicted molar refractivity (Wildman–Crippen MR) is 97.6 cm³/mol. The number of likely N-dealkylation sites (tertiary alicyclic amines) is 1. The summed E-state index contributed by atoms with van der Waals surface area (Å²) in [5.74, 6) is 0.183. The first kappa shape index (κ1) is 16.6. The normalized spacial score (nSPS) is 22.6. The summed E-state index contributed by atoms with van der Waals surface area (Å²) >= 11 is 0. The Kier molecular flexibility index (Phi) is 4.50. The Hall–Kier alpha value is -1.88. The van der Waals surface area contributed by atoms with Gasteiger partial charge in [0.05, 0.1) is 0 Å². The molecule has 0 spiro atoms. The summed E-state index contributed by atoms with van der Waals surface area (Å²) in [6.45, 7) is 3.74. The van der Waals surface area contributed by atoms with Gasteiger partial charge >= 0.3 is 0 Å². The quantitative estimate of drug-likeness (QED) is 0.920. The topological polar surface area (TPSA) is 52.7 Å². The van der Waals surface area contributed by atoms with Crippen molar-refractivity contribution in [1.29, 1.82) is 0 Å². The zero-order valence-electron chi connectivity index (χ0n) is 14.8. The lowest BCUT2D eigenvalue weighted by molar-refractivity contribution is -0.125. The van der Waals surface area contributed by atoms with Crippen molar-refractivity contribution < 1.29 is 9.59 Å². The molecular weight excluding hydrogens is 314 g/mol. The predicted octanol–water partition coefficient (Wildman–Crippen LogP) is 2.88. The Morgan fingerprint density at radius 2 is 1.64 bits per heavy atom. The molecule has 5 heteroatoms. The van der Waals surface area contributed by atoms with E-state index in [-0.39, 0.29) is 17.4 Å². The van der Waals surface area contributed by atoms with E-state index in [0.29, 0.717) is 5.56 Å². The van der Waals surface area contributed by atoms with E-state index in [1.54, 1.807) is 0 Å². The van der Waals surface area contributed by atoms with Crippen molar-refractivity contribution in [3.8, 4) is 0 Å². The van der Waals surface area contributed by atoms with Crippen LogP contribution in [-0.4, -0.2) is 53.3 Å². The highest BCUT2D eigenvalue weighted by Crippen LogP contribution is 2.39. The van der Waals surface area contributed by atoms with Gasteiger partial charge in [-0.15, -0.1) is 0 Å². The summed E-state index contributed by atoms with van der Waals surface area (Å²) in [5.41, 5.74) is 1.10. The molecule has 25 heavy (non-hydrogen) atoms. The molecule has 3 aliphatic rings. The van der Waals surface area contributed by atoms with E-state index in [1.807, 2.05) is 29.2 Å². The molecule has 1 aromatic rings. The van der Waals surface area contributed by atoms with Gasteiger partial charge in [-0.05, 0) is 76.2 Å². The number of hydrogen-bond acceptors (Lipinski definition) is 3. The Morgan fingerprint density at radius 1 is 0.920 bits per heavy atom. The number of anilines is 1. The summed E-state index contributed by atoms with van der Waals surface area (Å²) in [4.78, 5) is 29.9. The van der Waals surface area contributed by atoms with Gasteiger partial charge in [-0.1, -0.05) is 6.07 Å². The maximum Gasteiger partial charge on any atom is 0.253 e. The average Bonchev–Trinajstić information content (AvgIpc) is 3.23. The van der Waals surface area contributed by atoms with E-state index in [0.717, 1.165) is 70.4 Å². The zero-order chi connectivity index (χ0) is 17.3. The number of nitrogens with one attached hydrogen (secondary N) is 1. The van der Waals surface area contributed by atoms with Gasteiger partial charge in [0.25, 0.3) is 5.91 Å². The van der Waals surface area contributed by atoms with Crippen LogP contribution in [0.2, 0.25) is 0 Å². The number of carbonyl (C=O) groups excluding carboxylic acids is 2. The molecular formula is C20H27N3O2. The van der Waals surface area contributed by atoms with Crippen molar-refractivity contribution in [2.75, 3.05) is 31.5 Å². The second kappa shape index (κ2) is 6.79. The third kappa shape index (κ3) is 3.06. The number of hydrogen-bond donors (Lipinski definition) is 1. The molecule has 0 aromatic heterocycles. The number of benzene rings is 1. The van der Waals surface area contributed by atoms with Crippen LogP contribution in [0.3, 0.4) is 0 Å². The summed E-state index contributed by atoms with van der Waals surface area (Å²) in [6, 6.07) is 7.43. The van der Waals surface area contributed by atoms with Gasteiger partial charge in [0.1, 0.15) is 5.54 Å². The second-order valence-electron chi connectivity index (χ2n) is 7.61. The zero-order valence-corrected chi connectivity index (χ0v) is 14.8. The minimum atomic E-state index is -0.313. The van der Waals surface area contributed by atoms with Gasteiger partial charge in [0.15, 0.2) is 0 Å². The minimum Gasteiger partial charge on any atom is -0.339 e. The Morgan fingerprint density at radius 3 is 2.36 bits per heavy atom. The average molecular weight is 341 g/mol. The van der Waals surface area contributed by atoms with E-state index in [9.17, 15) is 9.59 Å². The number of rotatable bonds is 3. The van der Waals surface area contributed by atoms with Crippen LogP contribution in [0, 0.1) is 0 Å². The molecule has 0 atom stereocenters. The van der Waals surface area contributed by atoms with Gasteiger partial charge < -0.3 is 10.2 Å². The highest BCUT2D eigenvalue weighted by molar-refractivity contribution is 6.00. The largest absolute Gasteiger partial charge is 0.339 e. The standard InChI is InChI=1S/C20H27N3O2/c24-18(22-11-2-1-3-12-22)16-7-4-8-17(15-16)21-19(25)20-9-5-13-23(20)14-6-10-20/h4,7-8,15H,1-3,5-6,9-14H2,(H,21,25). The molecule has 0 aliphatic carbocycles. The number of piperidine rings is 1. The van der Waals surface area contributed by atoms with Crippen molar-refractivity contribution in [2.24, 2.45) is 0 Å². The van der Waals surface area contributed by atoms with Gasteiger partial charge in [-0.2, -0.15) is 0 Å². The van der Waals surface area contributed by atoms with Crippen LogP contribution in [0.5, 0.6) is 0 Å². The highest BCUT2D eigenvalue weighted by atomic mass is 16.2. The third-order valence-corrected chi connectivity index (χ3v) is 6.08. The fourth-order valence-electron chi connectivity index (χ4n) is 4.73. The molecule has 4 rings (SSSR count). The van der Waals surface area contributed by atoms with E-state index in [4.69, 9.17) is 0 Å². The monoisotopic (exact) mass is 341 g/mol. The SMILES string of the molecule is O=C(c1cccc(NC(=O)C23CCCN2CCC3)c1)N1CCCCC1. The summed E-state index contributed by atoms with van der Waals surface area (Å²) < 4.78 is 0. The van der Waals surface area contributed by atoms with Gasteiger partial charge in [-0.25, -0.2) is 0 Å². The number of nitrogens with zero attached hydrogens (tertiary/aromatic N) is 2. The number of carbonyl (C=O) groups is 2. The van der Waals surface area contributed by atoms with Gasteiger partial charge in [-0.3, -0.25) is 14.5 Å². The maximum atomic E-state index is 13.0. The van der Waals surface area contributed by atoms with E-state index in [1.165, 1.54) is 6.42 Å². The van der Waals surface area contributed by atoms with E-state index < -0.39 is 0 Å². The smallest absolute Gasteiger partial charge is 0.253 e. The van der Waals surface area contributed by atoms with Crippen LogP contribution in [0.4, 0.5) is 5.69 Å². The molecule has 0 unspecified atom stereocenters. The Balaban J connectivity index is 1.48. The first-order valence-electron chi connectivity index (χ1n) is 9.65. The first-order chi connectivity index (χ1) is 12.2. The molecule has 2 amide bonds. The van der Waals surface area contributed by atoms with Crippen molar-refractivity contribution in [1.82, 2.24) is 9.80 Å². The van der Waals surface area contributed by atoms with Crippen molar-refractivity contribution >= 4 is 17.5 Å². The highest BCUT2D eigenvalue weighted by Gasteiger charge is 2.49. The summed E-state index contributed by atoms with van der Waals surface area (Å²) in [5, 5.41) is 3.09. The molecule has 3 fully saturated rings. The molecule has 134 valence electrons. The Labute approximate surface area is 149 Å². The summed E-state index contributed by atoms with van der Waals surface area (Å²) in [6.07, 6.45) is 7.47. The molecule has 1 aromatic carbocycles. The fraction of sp³-hybridized carbons (Fsp3) is 0.600. The Bertz CT molecular complexity index is 657. The third-order valence-electron chi connectivity index (χ3n) is 6.08. The van der Waals surface area contributed by atoms with Crippen LogP contribution >= 0.6 is 0 Å². The summed E-state index contributed by atoms with van der Waals surface area (Å²) in [7, 11) is 0. The molecule has 0 bridgehead atoms. The lowest BCUT2D eigenvalue weighted by Crippen LogP contribution is -2.48. The molecule has 3 aliphatic heterocycles. The van der Waals surface area contributed by atoms with E-state index >= 15 is 0 Å². The fourth-order valence-corrected chi connectivity index (χ4v) is 4.73. The molecule has 1 N–H and O–H groups in total. The molecule has 0 saturated carbocycles. The first-order valence-corrected chi connectivity index (χ1v) is 9.65. The maximum absolute atomic E-state index is 13.0. The van der Waals surface area contributed by atoms with Crippen LogP contribution in [0.25, 0.3) is 0 Å². The van der Waals surface area contributed by atoms with Crippen molar-refractivity contribution in [2.45, 2.75) is 50.5 Å². The lowest BCUT2D eigenvalue weighted by Gasteiger charge is -2.30. The van der Waals surface area contributed by atoms with Crippen molar-refractivity contribution in [3.05, 3.63) is 29.8 Å². The lowest BCUT2D eigenvalue weighted by atomic mass is 9.93. The van der Waals surface area contributed by atoms with Crippen molar-refractivity contribution in [3.63, 3.8) is 0 Å². The van der Waals surface area contributed by atoms with Crippen LogP contribution in [0.1, 0.15) is 55.3 Å². The van der Waals surface area contributed by atoms with Crippen LogP contribution < -0.4 is 5.32 Å². The van der Waals surface area contributed by atoms with Gasteiger partial charge in [0.2, 0.25) is 5.91 Å². The number of fused-ring (bicyclic) bond motifs is 1. The minimum absolute atomic E-state index is 0.0809. The second-order valence-corrected chi connectivity index (χ2v) is 7.61. The number of amides is 2. The van der Waals surface area contributed by atoms with Crippen LogP contribution in [0.15, 0.2) is 24.3 Å². The molecule has 3 saturated heterocycles. The molecule has 5 nitrogen and oxygen atoms in total. The van der Waals surface area contributed by atoms with E-state index in [2.05, 4.69) is 10.2 Å². The van der Waals surface area contributed by atoms with Crippen LogP contribution in [-0.2, 0) is 4.79 Å². The molecule has 3 heterocycles.